The third-order valence-corrected chi connectivity index (χ3v) is 4.29. The summed E-state index contributed by atoms with van der Waals surface area (Å²) in [4.78, 5) is 10.8. The Hall–Kier alpha value is -0.590. The van der Waals surface area contributed by atoms with E-state index in [2.05, 4.69) is 19.1 Å². The number of rotatable bonds is 17. The Morgan fingerprint density at radius 3 is 1.50 bits per heavy atom. The fourth-order valence-corrected chi connectivity index (χ4v) is 2.81. The van der Waals surface area contributed by atoms with Crippen LogP contribution in [-0.4, -0.2) is 5.78 Å². The van der Waals surface area contributed by atoms with Crippen molar-refractivity contribution in [3.05, 3.63) is 12.2 Å². The van der Waals surface area contributed by atoms with E-state index in [1.165, 1.54) is 83.5 Å². The van der Waals surface area contributed by atoms with Crippen molar-refractivity contribution >= 4 is 5.78 Å². The number of Topliss-reactive ketones (excluding diaryl/α,β-unsaturated/α-hetero) is 1. The van der Waals surface area contributed by atoms with E-state index in [9.17, 15) is 4.79 Å². The minimum atomic E-state index is 0.314. The normalized spacial score (nSPS) is 11.4. The Morgan fingerprint density at radius 1 is 0.636 bits per heavy atom. The molecule has 22 heavy (non-hydrogen) atoms. The maximum atomic E-state index is 10.8. The number of carbonyl (C=O) groups is 1. The highest BCUT2D eigenvalue weighted by molar-refractivity contribution is 5.75. The second-order valence-corrected chi connectivity index (χ2v) is 6.74. The van der Waals surface area contributed by atoms with Crippen molar-refractivity contribution in [2.24, 2.45) is 0 Å². The summed E-state index contributed by atoms with van der Waals surface area (Å²) in [5.41, 5.74) is 0. The largest absolute Gasteiger partial charge is 0.300 e. The molecule has 0 unspecified atom stereocenters. The van der Waals surface area contributed by atoms with Crippen LogP contribution in [0.4, 0.5) is 0 Å². The van der Waals surface area contributed by atoms with E-state index in [4.69, 9.17) is 0 Å². The molecule has 0 radical (unpaired) electrons. The third kappa shape index (κ3) is 19.4. The van der Waals surface area contributed by atoms with Gasteiger partial charge in [0.2, 0.25) is 0 Å². The molecule has 0 aromatic heterocycles. The number of hydrogen-bond acceptors (Lipinski definition) is 1. The van der Waals surface area contributed by atoms with E-state index in [0.29, 0.717) is 5.78 Å². The first-order chi connectivity index (χ1) is 10.8. The van der Waals surface area contributed by atoms with Gasteiger partial charge in [0.05, 0.1) is 0 Å². The number of allylic oxidation sites excluding steroid dienone is 2. The molecule has 0 N–H and O–H groups in total. The van der Waals surface area contributed by atoms with Crippen molar-refractivity contribution in [1.29, 1.82) is 0 Å². The number of hydrogen-bond donors (Lipinski definition) is 0. The predicted molar refractivity (Wildman–Crippen MR) is 99.4 cm³/mol. The minimum absolute atomic E-state index is 0.314. The summed E-state index contributed by atoms with van der Waals surface area (Å²) < 4.78 is 0. The zero-order valence-electron chi connectivity index (χ0n) is 15.4. The summed E-state index contributed by atoms with van der Waals surface area (Å²) >= 11 is 0. The van der Waals surface area contributed by atoms with Crippen molar-refractivity contribution in [2.45, 2.75) is 117 Å². The van der Waals surface area contributed by atoms with Crippen molar-refractivity contribution < 1.29 is 4.79 Å². The summed E-state index contributed by atoms with van der Waals surface area (Å²) in [5, 5.41) is 0. The van der Waals surface area contributed by atoms with Gasteiger partial charge in [0, 0.05) is 6.42 Å². The van der Waals surface area contributed by atoms with Crippen molar-refractivity contribution in [3.63, 3.8) is 0 Å². The van der Waals surface area contributed by atoms with Crippen LogP contribution < -0.4 is 0 Å². The molecule has 0 aromatic rings. The summed E-state index contributed by atoms with van der Waals surface area (Å²) in [5.74, 6) is 0.314. The van der Waals surface area contributed by atoms with E-state index >= 15 is 0 Å². The topological polar surface area (TPSA) is 17.1 Å². The van der Waals surface area contributed by atoms with Crippen LogP contribution in [0.3, 0.4) is 0 Å². The molecule has 0 heterocycles. The zero-order chi connectivity index (χ0) is 16.3. The highest BCUT2D eigenvalue weighted by atomic mass is 16.1. The molecule has 0 saturated heterocycles. The molecule has 0 aliphatic rings. The van der Waals surface area contributed by atoms with Crippen LogP contribution in [0.5, 0.6) is 0 Å². The molecule has 1 nitrogen and oxygen atoms in total. The van der Waals surface area contributed by atoms with Gasteiger partial charge < -0.3 is 4.79 Å². The fourth-order valence-electron chi connectivity index (χ4n) is 2.81. The summed E-state index contributed by atoms with van der Waals surface area (Å²) in [6, 6.07) is 0. The van der Waals surface area contributed by atoms with Gasteiger partial charge in [-0.1, -0.05) is 89.7 Å². The van der Waals surface area contributed by atoms with Crippen molar-refractivity contribution in [3.8, 4) is 0 Å². The van der Waals surface area contributed by atoms with Gasteiger partial charge in [-0.15, -0.1) is 0 Å². The van der Waals surface area contributed by atoms with E-state index in [-0.39, 0.29) is 0 Å². The third-order valence-electron chi connectivity index (χ3n) is 4.29. The molecular weight excluding hydrogens is 268 g/mol. The first-order valence-corrected chi connectivity index (χ1v) is 9.91. The molecular formula is C21H40O. The monoisotopic (exact) mass is 308 g/mol. The predicted octanol–water partition coefficient (Wildman–Crippen LogP) is 7.39. The molecule has 0 spiro atoms. The minimum Gasteiger partial charge on any atom is -0.300 e. The van der Waals surface area contributed by atoms with Gasteiger partial charge in [-0.05, 0) is 32.6 Å². The standard InChI is InChI=1S/C21H40O/c1-3-4-5-6-7-8-9-10-11-12-13-14-15-16-17-18-19-20-21(2)22/h16-17H,3-15,18-20H2,1-2H3/b17-16-. The van der Waals surface area contributed by atoms with Gasteiger partial charge in [-0.25, -0.2) is 0 Å². The smallest absolute Gasteiger partial charge is 0.129 e. The fraction of sp³-hybridized carbons (Fsp3) is 0.857. The van der Waals surface area contributed by atoms with Crippen LogP contribution in [0.15, 0.2) is 12.2 Å². The lowest BCUT2D eigenvalue weighted by atomic mass is 10.0. The molecule has 0 fully saturated rings. The molecule has 0 saturated carbocycles. The van der Waals surface area contributed by atoms with Gasteiger partial charge in [0.25, 0.3) is 0 Å². The van der Waals surface area contributed by atoms with Gasteiger partial charge >= 0.3 is 0 Å². The average molecular weight is 309 g/mol. The average Bonchev–Trinajstić information content (AvgIpc) is 2.50. The summed E-state index contributed by atoms with van der Waals surface area (Å²) in [7, 11) is 0. The molecule has 0 aliphatic heterocycles. The first-order valence-electron chi connectivity index (χ1n) is 9.91. The maximum absolute atomic E-state index is 10.8. The van der Waals surface area contributed by atoms with Crippen molar-refractivity contribution in [1.82, 2.24) is 0 Å². The van der Waals surface area contributed by atoms with Crippen LogP contribution in [-0.2, 0) is 4.79 Å². The summed E-state index contributed by atoms with van der Waals surface area (Å²) in [6.45, 7) is 3.96. The van der Waals surface area contributed by atoms with Crippen LogP contribution >= 0.6 is 0 Å². The molecule has 0 aliphatic carbocycles. The van der Waals surface area contributed by atoms with Crippen LogP contribution in [0.2, 0.25) is 0 Å². The van der Waals surface area contributed by atoms with E-state index < -0.39 is 0 Å². The van der Waals surface area contributed by atoms with Crippen molar-refractivity contribution in [2.75, 3.05) is 0 Å². The van der Waals surface area contributed by atoms with Gasteiger partial charge in [0.15, 0.2) is 0 Å². The molecule has 0 atom stereocenters. The number of carbonyl (C=O) groups excluding carboxylic acids is 1. The quantitative estimate of drug-likeness (QED) is 0.202. The molecule has 0 rings (SSSR count). The van der Waals surface area contributed by atoms with Crippen LogP contribution in [0, 0.1) is 0 Å². The van der Waals surface area contributed by atoms with Crippen LogP contribution in [0.1, 0.15) is 117 Å². The molecule has 0 bridgehead atoms. The van der Waals surface area contributed by atoms with Gasteiger partial charge in [0.1, 0.15) is 5.78 Å². The number of ketones is 1. The Labute approximate surface area is 140 Å². The SMILES string of the molecule is CCCCCCCCCCCCCC/C=C\CCCC(C)=O. The second-order valence-electron chi connectivity index (χ2n) is 6.74. The highest BCUT2D eigenvalue weighted by Crippen LogP contribution is 2.12. The zero-order valence-corrected chi connectivity index (χ0v) is 15.4. The molecule has 130 valence electrons. The first kappa shape index (κ1) is 21.4. The molecule has 1 heteroatoms. The van der Waals surface area contributed by atoms with Gasteiger partial charge in [-0.2, -0.15) is 0 Å². The second kappa shape index (κ2) is 18.5. The molecule has 0 amide bonds. The molecule has 0 aromatic carbocycles. The van der Waals surface area contributed by atoms with E-state index in [0.717, 1.165) is 19.3 Å². The van der Waals surface area contributed by atoms with Crippen LogP contribution in [0.25, 0.3) is 0 Å². The Kier molecular flexibility index (Phi) is 18.0. The maximum Gasteiger partial charge on any atom is 0.129 e. The lowest BCUT2D eigenvalue weighted by Gasteiger charge is -2.02. The Balaban J connectivity index is 3.05. The van der Waals surface area contributed by atoms with Gasteiger partial charge in [-0.3, -0.25) is 0 Å². The highest BCUT2D eigenvalue weighted by Gasteiger charge is 1.93. The summed E-state index contributed by atoms with van der Waals surface area (Å²) in [6.07, 6.45) is 25.6. The van der Waals surface area contributed by atoms with E-state index in [1.54, 1.807) is 6.92 Å². The van der Waals surface area contributed by atoms with E-state index in [1.807, 2.05) is 0 Å². The lowest BCUT2D eigenvalue weighted by Crippen LogP contribution is -1.87. The Bertz CT molecular complexity index is 255. The Morgan fingerprint density at radius 2 is 1.05 bits per heavy atom. The number of unbranched alkanes of at least 4 members (excludes halogenated alkanes) is 13. The lowest BCUT2D eigenvalue weighted by molar-refractivity contribution is -0.117.